The maximum atomic E-state index is 12.0. The van der Waals surface area contributed by atoms with E-state index in [1.165, 1.54) is 24.6 Å². The normalized spacial score (nSPS) is 10.5. The van der Waals surface area contributed by atoms with Gasteiger partial charge in [0.15, 0.2) is 5.16 Å². The molecule has 0 atom stereocenters. The lowest BCUT2D eigenvalue weighted by atomic mass is 10.1. The van der Waals surface area contributed by atoms with E-state index in [9.17, 15) is 10.1 Å². The second kappa shape index (κ2) is 9.26. The number of thioether (sulfide) groups is 1. The van der Waals surface area contributed by atoms with Gasteiger partial charge in [-0.1, -0.05) is 55.8 Å². The van der Waals surface area contributed by atoms with Gasteiger partial charge in [-0.3, -0.25) is 4.79 Å². The summed E-state index contributed by atoms with van der Waals surface area (Å²) in [5.41, 5.74) is 1.86. The minimum atomic E-state index is -0.407. The van der Waals surface area contributed by atoms with Gasteiger partial charge in [-0.05, 0) is 18.2 Å². The van der Waals surface area contributed by atoms with Crippen molar-refractivity contribution in [2.75, 3.05) is 12.9 Å². The third-order valence-corrected chi connectivity index (χ3v) is 4.17. The van der Waals surface area contributed by atoms with Crippen LogP contribution in [0.1, 0.15) is 37.3 Å². The molecule has 2 rings (SSSR count). The molecule has 0 aliphatic carbocycles. The zero-order valence-corrected chi connectivity index (χ0v) is 14.8. The van der Waals surface area contributed by atoms with Crippen LogP contribution < -0.4 is 5.56 Å². The first-order chi connectivity index (χ1) is 11.7. The Balaban J connectivity index is 2.15. The van der Waals surface area contributed by atoms with Crippen molar-refractivity contribution in [3.63, 3.8) is 0 Å². The van der Waals surface area contributed by atoms with Gasteiger partial charge in [0.1, 0.15) is 11.6 Å². The zero-order valence-electron chi connectivity index (χ0n) is 14.0. The maximum Gasteiger partial charge on any atom is 0.270 e. The van der Waals surface area contributed by atoms with Gasteiger partial charge in [0.05, 0.1) is 12.3 Å². The number of unbranched alkanes of at least 4 members (excludes halogenated alkanes) is 2. The van der Waals surface area contributed by atoms with Gasteiger partial charge >= 0.3 is 0 Å². The van der Waals surface area contributed by atoms with Crippen LogP contribution in [0.3, 0.4) is 0 Å². The molecule has 1 N–H and O–H groups in total. The number of nitrogens with zero attached hydrogens (tertiary/aromatic N) is 2. The van der Waals surface area contributed by atoms with Crippen LogP contribution in [0.4, 0.5) is 0 Å². The van der Waals surface area contributed by atoms with E-state index >= 15 is 0 Å². The summed E-state index contributed by atoms with van der Waals surface area (Å²) < 4.78 is 5.64. The molecule has 0 aliphatic heterocycles. The van der Waals surface area contributed by atoms with Gasteiger partial charge in [-0.2, -0.15) is 5.26 Å². The summed E-state index contributed by atoms with van der Waals surface area (Å²) in [6, 6.07) is 9.57. The van der Waals surface area contributed by atoms with Crippen LogP contribution in [-0.4, -0.2) is 22.8 Å². The summed E-state index contributed by atoms with van der Waals surface area (Å²) in [5, 5.41) is 9.73. The van der Waals surface area contributed by atoms with Gasteiger partial charge in [-0.15, -0.1) is 0 Å². The second-order valence-electron chi connectivity index (χ2n) is 5.37. The molecule has 0 saturated carbocycles. The predicted molar refractivity (Wildman–Crippen MR) is 96.0 cm³/mol. The number of nitrogens with one attached hydrogen (secondary N) is 1. The van der Waals surface area contributed by atoms with E-state index < -0.39 is 5.56 Å². The molecule has 6 heteroatoms. The maximum absolute atomic E-state index is 12.0. The van der Waals surface area contributed by atoms with E-state index in [0.29, 0.717) is 17.5 Å². The second-order valence-corrected chi connectivity index (χ2v) is 6.16. The zero-order chi connectivity index (χ0) is 17.4. The molecule has 0 unspecified atom stereocenters. The number of hydrogen-bond acceptors (Lipinski definition) is 5. The smallest absolute Gasteiger partial charge is 0.270 e. The van der Waals surface area contributed by atoms with Crippen LogP contribution in [0.15, 0.2) is 34.2 Å². The summed E-state index contributed by atoms with van der Waals surface area (Å²) in [7, 11) is 0. The molecule has 0 bridgehead atoms. The average Bonchev–Trinajstić information content (AvgIpc) is 2.61. The Kier molecular flexibility index (Phi) is 7.04. The molecular weight excluding hydrogens is 322 g/mol. The van der Waals surface area contributed by atoms with Crippen molar-refractivity contribution in [1.29, 1.82) is 5.26 Å². The van der Waals surface area contributed by atoms with E-state index in [1.807, 2.05) is 36.6 Å². The van der Waals surface area contributed by atoms with Crippen molar-refractivity contribution in [2.24, 2.45) is 0 Å². The number of hydrogen-bond donors (Lipinski definition) is 1. The summed E-state index contributed by atoms with van der Waals surface area (Å²) in [6.07, 6.45) is 5.27. The van der Waals surface area contributed by atoms with Gasteiger partial charge in [0.2, 0.25) is 0 Å². The summed E-state index contributed by atoms with van der Waals surface area (Å²) in [6.45, 7) is 3.49. The molecule has 1 aromatic carbocycles. The highest BCUT2D eigenvalue weighted by Crippen LogP contribution is 2.21. The van der Waals surface area contributed by atoms with Crippen molar-refractivity contribution >= 4 is 11.8 Å². The van der Waals surface area contributed by atoms with Crippen LogP contribution in [0.5, 0.6) is 0 Å². The highest BCUT2D eigenvalue weighted by molar-refractivity contribution is 7.98. The Labute approximate surface area is 146 Å². The summed E-state index contributed by atoms with van der Waals surface area (Å²) in [4.78, 5) is 18.9. The van der Waals surface area contributed by atoms with Crippen LogP contribution in [0.2, 0.25) is 0 Å². The molecule has 0 saturated heterocycles. The predicted octanol–water partition coefficient (Wildman–Crippen LogP) is 3.74. The van der Waals surface area contributed by atoms with Crippen molar-refractivity contribution in [2.45, 2.75) is 37.9 Å². The summed E-state index contributed by atoms with van der Waals surface area (Å²) >= 11 is 1.34. The molecule has 126 valence electrons. The summed E-state index contributed by atoms with van der Waals surface area (Å²) in [5.74, 6) is 0. The average molecular weight is 343 g/mol. The first-order valence-corrected chi connectivity index (χ1v) is 9.17. The van der Waals surface area contributed by atoms with E-state index in [0.717, 1.165) is 24.2 Å². The van der Waals surface area contributed by atoms with Crippen molar-refractivity contribution < 1.29 is 4.74 Å². The van der Waals surface area contributed by atoms with E-state index in [2.05, 4.69) is 16.9 Å². The number of nitriles is 1. The molecule has 0 spiro atoms. The molecule has 1 heterocycles. The molecule has 24 heavy (non-hydrogen) atoms. The van der Waals surface area contributed by atoms with Crippen LogP contribution in [-0.2, 0) is 11.3 Å². The Morgan fingerprint density at radius 3 is 2.67 bits per heavy atom. The molecule has 0 fully saturated rings. The SMILES string of the molecule is CCCCCOCc1ccc(-c2nc(SC)[nH]c(=O)c2C#N)cc1. The third-order valence-electron chi connectivity index (χ3n) is 3.59. The van der Waals surface area contributed by atoms with Gasteiger partial charge in [0.25, 0.3) is 5.56 Å². The lowest BCUT2D eigenvalue weighted by Gasteiger charge is -2.07. The monoisotopic (exact) mass is 343 g/mol. The first-order valence-electron chi connectivity index (χ1n) is 7.95. The number of benzene rings is 1. The van der Waals surface area contributed by atoms with E-state index in [-0.39, 0.29) is 5.56 Å². The first kappa shape index (κ1) is 18.2. The van der Waals surface area contributed by atoms with E-state index in [4.69, 9.17) is 4.74 Å². The third kappa shape index (κ3) is 4.70. The molecule has 0 amide bonds. The number of rotatable bonds is 8. The Bertz CT molecular complexity index is 763. The van der Waals surface area contributed by atoms with Crippen molar-refractivity contribution in [3.05, 3.63) is 45.7 Å². The number of H-pyrrole nitrogens is 1. The molecular formula is C18H21N3O2S. The molecule has 0 radical (unpaired) electrons. The Hall–Kier alpha value is -2.10. The Morgan fingerprint density at radius 2 is 2.04 bits per heavy atom. The highest BCUT2D eigenvalue weighted by Gasteiger charge is 2.13. The van der Waals surface area contributed by atoms with Crippen LogP contribution >= 0.6 is 11.8 Å². The minimum Gasteiger partial charge on any atom is -0.377 e. The lowest BCUT2D eigenvalue weighted by molar-refractivity contribution is 0.117. The highest BCUT2D eigenvalue weighted by atomic mass is 32.2. The number of ether oxygens (including phenoxy) is 1. The minimum absolute atomic E-state index is 0.0383. The number of aromatic nitrogens is 2. The van der Waals surface area contributed by atoms with Crippen LogP contribution in [0.25, 0.3) is 11.3 Å². The fourth-order valence-electron chi connectivity index (χ4n) is 2.26. The fourth-order valence-corrected chi connectivity index (χ4v) is 2.64. The fraction of sp³-hybridized carbons (Fsp3) is 0.389. The van der Waals surface area contributed by atoms with Gasteiger partial charge < -0.3 is 9.72 Å². The lowest BCUT2D eigenvalue weighted by Crippen LogP contribution is -2.14. The van der Waals surface area contributed by atoms with Crippen molar-refractivity contribution in [1.82, 2.24) is 9.97 Å². The van der Waals surface area contributed by atoms with E-state index in [1.54, 1.807) is 0 Å². The van der Waals surface area contributed by atoms with Gasteiger partial charge in [-0.25, -0.2) is 4.98 Å². The molecule has 5 nitrogen and oxygen atoms in total. The standard InChI is InChI=1S/C18H21N3O2S/c1-3-4-5-10-23-12-13-6-8-14(9-7-13)16-15(11-19)17(22)21-18(20-16)24-2/h6-9H,3-5,10,12H2,1-2H3,(H,20,21,22). The van der Waals surface area contributed by atoms with Crippen molar-refractivity contribution in [3.8, 4) is 17.3 Å². The number of aromatic amines is 1. The molecule has 0 aliphatic rings. The molecule has 1 aromatic heterocycles. The van der Waals surface area contributed by atoms with Gasteiger partial charge in [0, 0.05) is 12.2 Å². The Morgan fingerprint density at radius 1 is 1.29 bits per heavy atom. The quantitative estimate of drug-likeness (QED) is 0.449. The topological polar surface area (TPSA) is 78.8 Å². The molecule has 2 aromatic rings. The van der Waals surface area contributed by atoms with Crippen LogP contribution in [0, 0.1) is 11.3 Å². The largest absolute Gasteiger partial charge is 0.377 e.